The third-order valence-corrected chi connectivity index (χ3v) is 7.25. The average Bonchev–Trinajstić information content (AvgIpc) is 3.24. The summed E-state index contributed by atoms with van der Waals surface area (Å²) in [6, 6.07) is 22.9. The number of rotatable bonds is 11. The molecule has 1 aliphatic rings. The van der Waals surface area contributed by atoms with Crippen LogP contribution in [0.15, 0.2) is 82.3 Å². The van der Waals surface area contributed by atoms with Crippen LogP contribution in [-0.4, -0.2) is 48.3 Å². The Morgan fingerprint density at radius 1 is 1.14 bits per heavy atom. The van der Waals surface area contributed by atoms with E-state index in [1.54, 1.807) is 0 Å². The van der Waals surface area contributed by atoms with Gasteiger partial charge in [0.2, 0.25) is 5.90 Å². The quantitative estimate of drug-likeness (QED) is 0.297. The largest absolute Gasteiger partial charge is 0.494 e. The second-order valence-corrected chi connectivity index (χ2v) is 10.3. The molecule has 0 aliphatic carbocycles. The first-order chi connectivity index (χ1) is 17.9. The van der Waals surface area contributed by atoms with Crippen LogP contribution in [0.1, 0.15) is 30.0 Å². The molecule has 194 valence electrons. The highest BCUT2D eigenvalue weighted by molar-refractivity contribution is 9.10. The van der Waals surface area contributed by atoms with Gasteiger partial charge < -0.3 is 19.9 Å². The van der Waals surface area contributed by atoms with Gasteiger partial charge in [-0.05, 0) is 66.9 Å². The number of nitrogens with one attached hydrogen (secondary N) is 1. The van der Waals surface area contributed by atoms with E-state index in [1.165, 1.54) is 0 Å². The van der Waals surface area contributed by atoms with E-state index in [4.69, 9.17) is 31.2 Å². The Kier molecular flexibility index (Phi) is 9.24. The lowest BCUT2D eigenvalue weighted by molar-refractivity contribution is -0.128. The van der Waals surface area contributed by atoms with Gasteiger partial charge in [-0.15, -0.1) is 0 Å². The predicted molar refractivity (Wildman–Crippen MR) is 149 cm³/mol. The van der Waals surface area contributed by atoms with Crippen molar-refractivity contribution in [2.45, 2.75) is 37.8 Å². The zero-order valence-electron chi connectivity index (χ0n) is 20.6. The van der Waals surface area contributed by atoms with Crippen molar-refractivity contribution >= 4 is 39.3 Å². The molecular weight excluding hydrogens is 556 g/mol. The van der Waals surface area contributed by atoms with Crippen LogP contribution in [-0.2, 0) is 22.4 Å². The van der Waals surface area contributed by atoms with Crippen molar-refractivity contribution in [3.8, 4) is 5.75 Å². The van der Waals surface area contributed by atoms with Gasteiger partial charge in [-0.3, -0.25) is 4.79 Å². The van der Waals surface area contributed by atoms with E-state index in [2.05, 4.69) is 21.2 Å². The number of aliphatic imine (C=N–C) groups is 1. The lowest BCUT2D eigenvalue weighted by atomic mass is 9.86. The molecule has 37 heavy (non-hydrogen) atoms. The molecular formula is C29H30BrClN2O4. The summed E-state index contributed by atoms with van der Waals surface area (Å²) in [6.45, 7) is 2.84. The van der Waals surface area contributed by atoms with Crippen LogP contribution in [0.5, 0.6) is 5.75 Å². The summed E-state index contributed by atoms with van der Waals surface area (Å²) < 4.78 is 12.8. The summed E-state index contributed by atoms with van der Waals surface area (Å²) >= 11 is 9.77. The van der Waals surface area contributed by atoms with Gasteiger partial charge in [-0.2, -0.15) is 0 Å². The zero-order chi connectivity index (χ0) is 26.3. The van der Waals surface area contributed by atoms with Crippen LogP contribution < -0.4 is 10.1 Å². The first-order valence-electron chi connectivity index (χ1n) is 12.3. The highest BCUT2D eigenvalue weighted by Gasteiger charge is 2.50. The van der Waals surface area contributed by atoms with Crippen LogP contribution in [0, 0.1) is 0 Å². The maximum atomic E-state index is 13.7. The molecule has 1 aliphatic heterocycles. The van der Waals surface area contributed by atoms with Gasteiger partial charge in [0.25, 0.3) is 5.91 Å². The molecule has 0 bridgehead atoms. The van der Waals surface area contributed by atoms with Crippen molar-refractivity contribution in [2.75, 3.05) is 19.8 Å². The second-order valence-electron chi connectivity index (χ2n) is 8.95. The van der Waals surface area contributed by atoms with E-state index in [9.17, 15) is 4.79 Å². The number of amides is 1. The average molecular weight is 586 g/mol. The van der Waals surface area contributed by atoms with Crippen molar-refractivity contribution in [2.24, 2.45) is 4.99 Å². The summed E-state index contributed by atoms with van der Waals surface area (Å²) in [5.41, 5.74) is 1.60. The number of halogens is 2. The lowest BCUT2D eigenvalue weighted by Crippen LogP contribution is -2.52. The number of carbonyl (C=O) groups is 1. The third-order valence-electron chi connectivity index (χ3n) is 6.35. The number of hydrogen-bond donors (Lipinski definition) is 2. The van der Waals surface area contributed by atoms with Gasteiger partial charge in [-0.25, -0.2) is 4.99 Å². The fourth-order valence-electron chi connectivity index (χ4n) is 4.22. The van der Waals surface area contributed by atoms with Gasteiger partial charge in [0, 0.05) is 41.1 Å². The van der Waals surface area contributed by atoms with Gasteiger partial charge in [0.05, 0.1) is 6.61 Å². The molecule has 0 fully saturated rings. The van der Waals surface area contributed by atoms with E-state index in [-0.39, 0.29) is 12.5 Å². The summed E-state index contributed by atoms with van der Waals surface area (Å²) in [4.78, 5) is 18.6. The Balaban J connectivity index is 1.56. The number of hydrogen-bond acceptors (Lipinski definition) is 5. The number of benzene rings is 3. The van der Waals surface area contributed by atoms with E-state index < -0.39 is 11.6 Å². The van der Waals surface area contributed by atoms with Crippen LogP contribution in [0.25, 0.3) is 0 Å². The lowest BCUT2D eigenvalue weighted by Gasteiger charge is -2.28. The molecule has 0 unspecified atom stereocenters. The van der Waals surface area contributed by atoms with E-state index >= 15 is 0 Å². The number of aliphatic hydroxyl groups is 1. The van der Waals surface area contributed by atoms with Gasteiger partial charge in [-0.1, -0.05) is 57.9 Å². The van der Waals surface area contributed by atoms with Gasteiger partial charge in [0.1, 0.15) is 11.9 Å². The molecule has 0 radical (unpaired) electrons. The predicted octanol–water partition coefficient (Wildman–Crippen LogP) is 5.37. The fourth-order valence-corrected chi connectivity index (χ4v) is 4.72. The monoisotopic (exact) mass is 584 g/mol. The van der Waals surface area contributed by atoms with Crippen LogP contribution in [0.4, 0.5) is 0 Å². The minimum Gasteiger partial charge on any atom is -0.494 e. The van der Waals surface area contributed by atoms with Gasteiger partial charge >= 0.3 is 0 Å². The number of nitrogens with zero attached hydrogens (tertiary/aromatic N) is 1. The molecule has 2 N–H and O–H groups in total. The molecule has 6 nitrogen and oxygen atoms in total. The maximum absolute atomic E-state index is 13.7. The molecule has 1 amide bonds. The van der Waals surface area contributed by atoms with Crippen molar-refractivity contribution in [3.05, 3.63) is 99.0 Å². The molecule has 0 spiro atoms. The zero-order valence-corrected chi connectivity index (χ0v) is 23.0. The van der Waals surface area contributed by atoms with Crippen molar-refractivity contribution < 1.29 is 19.4 Å². The van der Waals surface area contributed by atoms with Crippen molar-refractivity contribution in [1.82, 2.24) is 5.32 Å². The molecule has 8 heteroatoms. The number of ether oxygens (including phenoxy) is 2. The van der Waals surface area contributed by atoms with Crippen molar-refractivity contribution in [1.29, 1.82) is 0 Å². The Morgan fingerprint density at radius 2 is 1.86 bits per heavy atom. The second kappa shape index (κ2) is 12.6. The number of carbonyl (C=O) groups excluding carboxylic acids is 1. The topological polar surface area (TPSA) is 80.2 Å². The molecule has 4 rings (SSSR count). The molecule has 1 heterocycles. The standard InChI is InChI=1S/C29H30BrClN2O4/c1-20-29(19-21-7-11-24(30)12-8-21,28(35)32-16-15-22-5-2-3-6-26(22)31)33-27(37-20)23-9-13-25(14-10-23)36-18-4-17-34/h2-3,5-14,20,34H,4,15-19H2,1H3,(H,32,35)/t20-,29-/m1/s1. The molecule has 3 aromatic rings. The van der Waals surface area contributed by atoms with E-state index in [1.807, 2.05) is 79.7 Å². The minimum absolute atomic E-state index is 0.0848. The Hall–Kier alpha value is -2.87. The summed E-state index contributed by atoms with van der Waals surface area (Å²) in [6.07, 6.45) is 1.10. The van der Waals surface area contributed by atoms with Crippen LogP contribution in [0.2, 0.25) is 5.02 Å². The first kappa shape index (κ1) is 27.2. The van der Waals surface area contributed by atoms with Gasteiger partial charge in [0.15, 0.2) is 5.54 Å². The van der Waals surface area contributed by atoms with E-state index in [0.29, 0.717) is 49.1 Å². The Morgan fingerprint density at radius 3 is 2.57 bits per heavy atom. The molecule has 0 saturated heterocycles. The van der Waals surface area contributed by atoms with Crippen LogP contribution in [0.3, 0.4) is 0 Å². The normalized spacial score (nSPS) is 18.7. The van der Waals surface area contributed by atoms with Crippen molar-refractivity contribution in [3.63, 3.8) is 0 Å². The molecule has 2 atom stereocenters. The summed E-state index contributed by atoms with van der Waals surface area (Å²) in [7, 11) is 0. The number of aliphatic hydroxyl groups excluding tert-OH is 1. The Bertz CT molecular complexity index is 1230. The molecule has 0 saturated carbocycles. The Labute approximate surface area is 230 Å². The highest BCUT2D eigenvalue weighted by Crippen LogP contribution is 2.33. The molecule has 3 aromatic carbocycles. The highest BCUT2D eigenvalue weighted by atomic mass is 79.9. The third kappa shape index (κ3) is 6.72. The first-order valence-corrected chi connectivity index (χ1v) is 13.4. The fraction of sp³-hybridized carbons (Fsp3) is 0.310. The SMILES string of the molecule is C[C@H]1OC(c2ccc(OCCCO)cc2)=N[C@@]1(Cc1ccc(Br)cc1)C(=O)NCCc1ccccc1Cl. The summed E-state index contributed by atoms with van der Waals surface area (Å²) in [5.74, 6) is 0.934. The summed E-state index contributed by atoms with van der Waals surface area (Å²) in [5, 5.41) is 12.7. The minimum atomic E-state index is -1.13. The molecule has 0 aromatic heterocycles. The maximum Gasteiger partial charge on any atom is 0.252 e. The van der Waals surface area contributed by atoms with Crippen LogP contribution >= 0.6 is 27.5 Å². The van der Waals surface area contributed by atoms with E-state index in [0.717, 1.165) is 21.2 Å². The smallest absolute Gasteiger partial charge is 0.252 e.